The Hall–Kier alpha value is -1.25. The molecular weight excluding hydrogens is 298 g/mol. The molecule has 3 unspecified atom stereocenters. The minimum Gasteiger partial charge on any atom is -0.446 e. The van der Waals surface area contributed by atoms with E-state index in [1.54, 1.807) is 0 Å². The maximum atomic E-state index is 12.1. The van der Waals surface area contributed by atoms with E-state index in [0.717, 1.165) is 19.3 Å². The lowest BCUT2D eigenvalue weighted by atomic mass is 9.75. The van der Waals surface area contributed by atoms with Crippen molar-refractivity contribution in [2.45, 2.75) is 79.8 Å². The van der Waals surface area contributed by atoms with Crippen LogP contribution in [0, 0.1) is 17.8 Å². The van der Waals surface area contributed by atoms with Crippen LogP contribution >= 0.6 is 0 Å². The fourth-order valence-corrected chi connectivity index (χ4v) is 3.43. The molecule has 0 spiro atoms. The minimum atomic E-state index is -0.270. The van der Waals surface area contributed by atoms with Gasteiger partial charge in [-0.05, 0) is 64.2 Å². The lowest BCUT2D eigenvalue weighted by Crippen LogP contribution is -2.38. The van der Waals surface area contributed by atoms with Crippen LogP contribution in [0.5, 0.6) is 0 Å². The molecule has 0 saturated heterocycles. The zero-order valence-electron chi connectivity index (χ0n) is 16.5. The van der Waals surface area contributed by atoms with Crippen LogP contribution in [0.2, 0.25) is 0 Å². The van der Waals surface area contributed by atoms with Gasteiger partial charge >= 0.3 is 6.09 Å². The standard InChI is InChI=1S/C21H37NO2/c1-15(2)8-7-9-17(5)12-13-22-21(23)24-20-14-18(6)10-11-19(20)16(3)4/h8,12,16,18-20H,7,9-11,13-14H2,1-6H3,(H,22,23)/b17-12-. The van der Waals surface area contributed by atoms with E-state index >= 15 is 0 Å². The Morgan fingerprint density at radius 1 is 1.21 bits per heavy atom. The van der Waals surface area contributed by atoms with Gasteiger partial charge in [0, 0.05) is 6.54 Å². The first-order valence-electron chi connectivity index (χ1n) is 9.53. The van der Waals surface area contributed by atoms with E-state index in [9.17, 15) is 4.79 Å². The Kier molecular flexibility index (Phi) is 9.17. The van der Waals surface area contributed by atoms with Crippen molar-refractivity contribution in [3.05, 3.63) is 23.3 Å². The van der Waals surface area contributed by atoms with Crippen molar-refractivity contribution >= 4 is 6.09 Å². The fraction of sp³-hybridized carbons (Fsp3) is 0.762. The monoisotopic (exact) mass is 335 g/mol. The number of rotatable bonds is 7. The second kappa shape index (κ2) is 10.6. The molecule has 0 aromatic rings. The lowest BCUT2D eigenvalue weighted by molar-refractivity contribution is 0.00660. The van der Waals surface area contributed by atoms with Crippen LogP contribution in [0.3, 0.4) is 0 Å². The van der Waals surface area contributed by atoms with Gasteiger partial charge < -0.3 is 10.1 Å². The summed E-state index contributed by atoms with van der Waals surface area (Å²) in [6.45, 7) is 13.6. The van der Waals surface area contributed by atoms with Gasteiger partial charge in [-0.15, -0.1) is 0 Å². The Balaban J connectivity index is 2.37. The predicted molar refractivity (Wildman–Crippen MR) is 102 cm³/mol. The zero-order chi connectivity index (χ0) is 18.1. The van der Waals surface area contributed by atoms with Crippen LogP contribution in [0.1, 0.15) is 73.6 Å². The molecule has 0 aliphatic heterocycles. The second-order valence-electron chi connectivity index (χ2n) is 8.02. The molecule has 1 aliphatic carbocycles. The number of carbonyl (C=O) groups excluding carboxylic acids is 1. The summed E-state index contributed by atoms with van der Waals surface area (Å²) >= 11 is 0. The van der Waals surface area contributed by atoms with Gasteiger partial charge in [-0.2, -0.15) is 0 Å². The maximum absolute atomic E-state index is 12.1. The van der Waals surface area contributed by atoms with E-state index in [2.05, 4.69) is 59.0 Å². The summed E-state index contributed by atoms with van der Waals surface area (Å²) in [6, 6.07) is 0. The average Bonchev–Trinajstić information content (AvgIpc) is 2.46. The molecule has 1 N–H and O–H groups in total. The third-order valence-electron chi connectivity index (χ3n) is 5.01. The Bertz CT molecular complexity index is 447. The van der Waals surface area contributed by atoms with Crippen molar-refractivity contribution in [3.63, 3.8) is 0 Å². The van der Waals surface area contributed by atoms with Crippen LogP contribution in [0.25, 0.3) is 0 Å². The van der Waals surface area contributed by atoms with Crippen molar-refractivity contribution in [2.24, 2.45) is 17.8 Å². The van der Waals surface area contributed by atoms with Crippen LogP contribution < -0.4 is 5.32 Å². The lowest BCUT2D eigenvalue weighted by Gasteiger charge is -2.36. The SMILES string of the molecule is CC(C)=CCC/C(C)=C\CNC(=O)OC1CC(C)CCC1C(C)C. The number of hydrogen-bond acceptors (Lipinski definition) is 2. The summed E-state index contributed by atoms with van der Waals surface area (Å²) in [6.07, 6.45) is 9.64. The third-order valence-corrected chi connectivity index (χ3v) is 5.01. The van der Waals surface area contributed by atoms with Gasteiger partial charge in [0.05, 0.1) is 0 Å². The first kappa shape index (κ1) is 20.8. The number of amides is 1. The van der Waals surface area contributed by atoms with Gasteiger partial charge in [-0.25, -0.2) is 4.79 Å². The molecule has 3 atom stereocenters. The van der Waals surface area contributed by atoms with E-state index in [1.165, 1.54) is 24.0 Å². The zero-order valence-corrected chi connectivity index (χ0v) is 16.5. The fourth-order valence-electron chi connectivity index (χ4n) is 3.43. The minimum absolute atomic E-state index is 0.0662. The van der Waals surface area contributed by atoms with Crippen LogP contribution in [-0.2, 0) is 4.74 Å². The molecule has 0 bridgehead atoms. The molecule has 1 saturated carbocycles. The summed E-state index contributed by atoms with van der Waals surface area (Å²) < 4.78 is 5.74. The van der Waals surface area contributed by atoms with Gasteiger partial charge in [-0.3, -0.25) is 0 Å². The highest BCUT2D eigenvalue weighted by Gasteiger charge is 2.33. The molecule has 1 fully saturated rings. The molecule has 3 nitrogen and oxygen atoms in total. The summed E-state index contributed by atoms with van der Waals surface area (Å²) in [5, 5.41) is 2.88. The van der Waals surface area contributed by atoms with Gasteiger partial charge in [0.15, 0.2) is 0 Å². The van der Waals surface area contributed by atoms with E-state index < -0.39 is 0 Å². The molecule has 1 amide bonds. The summed E-state index contributed by atoms with van der Waals surface area (Å²) in [5.41, 5.74) is 2.66. The second-order valence-corrected chi connectivity index (χ2v) is 8.02. The van der Waals surface area contributed by atoms with E-state index in [1.807, 2.05) is 0 Å². The Morgan fingerprint density at radius 2 is 1.92 bits per heavy atom. The van der Waals surface area contributed by atoms with E-state index in [0.29, 0.717) is 24.3 Å². The van der Waals surface area contributed by atoms with Gasteiger partial charge in [0.1, 0.15) is 6.10 Å². The number of nitrogens with one attached hydrogen (secondary N) is 1. The third kappa shape index (κ3) is 8.03. The molecule has 1 aliphatic rings. The van der Waals surface area contributed by atoms with E-state index in [-0.39, 0.29) is 12.2 Å². The van der Waals surface area contributed by atoms with Gasteiger partial charge in [-0.1, -0.05) is 50.5 Å². The first-order chi connectivity index (χ1) is 11.3. The molecule has 0 aromatic carbocycles. The largest absolute Gasteiger partial charge is 0.446 e. The van der Waals surface area contributed by atoms with Gasteiger partial charge in [0.25, 0.3) is 0 Å². The van der Waals surface area contributed by atoms with Crippen LogP contribution in [-0.4, -0.2) is 18.7 Å². The van der Waals surface area contributed by atoms with Crippen molar-refractivity contribution in [3.8, 4) is 0 Å². The molecule has 0 aromatic heterocycles. The maximum Gasteiger partial charge on any atom is 0.407 e. The molecule has 24 heavy (non-hydrogen) atoms. The normalized spacial score (nSPS) is 24.6. The molecule has 3 heteroatoms. The first-order valence-corrected chi connectivity index (χ1v) is 9.53. The molecule has 1 rings (SSSR count). The Morgan fingerprint density at radius 3 is 2.54 bits per heavy atom. The predicted octanol–water partition coefficient (Wildman–Crippen LogP) is 5.87. The van der Waals surface area contributed by atoms with Crippen molar-refractivity contribution in [2.75, 3.05) is 6.54 Å². The molecule has 0 radical (unpaired) electrons. The highest BCUT2D eigenvalue weighted by molar-refractivity contribution is 5.67. The number of carbonyl (C=O) groups is 1. The summed E-state index contributed by atoms with van der Waals surface area (Å²) in [4.78, 5) is 12.1. The van der Waals surface area contributed by atoms with Crippen molar-refractivity contribution < 1.29 is 9.53 Å². The highest BCUT2D eigenvalue weighted by Crippen LogP contribution is 2.35. The number of ether oxygens (including phenoxy) is 1. The van der Waals surface area contributed by atoms with Crippen LogP contribution in [0.4, 0.5) is 4.79 Å². The number of allylic oxidation sites excluding steroid dienone is 3. The highest BCUT2D eigenvalue weighted by atomic mass is 16.6. The average molecular weight is 336 g/mol. The smallest absolute Gasteiger partial charge is 0.407 e. The van der Waals surface area contributed by atoms with Crippen molar-refractivity contribution in [1.29, 1.82) is 0 Å². The molecule has 0 heterocycles. The summed E-state index contributed by atoms with van der Waals surface area (Å²) in [5.74, 6) is 1.70. The summed E-state index contributed by atoms with van der Waals surface area (Å²) in [7, 11) is 0. The molecular formula is C21H37NO2. The van der Waals surface area contributed by atoms with Crippen LogP contribution in [0.15, 0.2) is 23.3 Å². The number of alkyl carbamates (subject to hydrolysis) is 1. The Labute approximate surface area is 148 Å². The molecule has 138 valence electrons. The number of hydrogen-bond donors (Lipinski definition) is 1. The van der Waals surface area contributed by atoms with E-state index in [4.69, 9.17) is 4.74 Å². The van der Waals surface area contributed by atoms with Gasteiger partial charge in [0.2, 0.25) is 0 Å². The van der Waals surface area contributed by atoms with Crippen molar-refractivity contribution in [1.82, 2.24) is 5.32 Å². The quantitative estimate of drug-likeness (QED) is 0.591. The topological polar surface area (TPSA) is 38.3 Å².